The molecule has 0 saturated heterocycles. The van der Waals surface area contributed by atoms with Gasteiger partial charge in [0, 0.05) is 11.7 Å². The molecule has 27 heavy (non-hydrogen) atoms. The monoisotopic (exact) mass is 398 g/mol. The molecule has 1 atom stereocenters. The zero-order chi connectivity index (χ0) is 19.9. The predicted octanol–water partition coefficient (Wildman–Crippen LogP) is 4.32. The highest BCUT2D eigenvalue weighted by atomic mass is 32.1. The number of nitrogens with one attached hydrogen (secondary N) is 1. The molecule has 1 aliphatic heterocycles. The average Bonchev–Trinajstić information content (AvgIpc) is 3.37. The van der Waals surface area contributed by atoms with E-state index in [4.69, 9.17) is 17.0 Å². The minimum absolute atomic E-state index is 0.0437. The van der Waals surface area contributed by atoms with E-state index >= 15 is 0 Å². The van der Waals surface area contributed by atoms with E-state index in [0.717, 1.165) is 18.9 Å². The number of benzene rings is 1. The molecule has 2 aliphatic rings. The quantitative estimate of drug-likeness (QED) is 0.604. The number of hydrogen-bond acceptors (Lipinski definition) is 3. The fourth-order valence-electron chi connectivity index (χ4n) is 3.31. The molecular formula is C19H21F3N2O2S. The minimum Gasteiger partial charge on any atom is -0.459 e. The van der Waals surface area contributed by atoms with Gasteiger partial charge in [-0.3, -0.25) is 0 Å². The Morgan fingerprint density at radius 3 is 2.48 bits per heavy atom. The second-order valence-corrected chi connectivity index (χ2v) is 7.41. The van der Waals surface area contributed by atoms with Gasteiger partial charge < -0.3 is 15.0 Å². The molecule has 0 bridgehead atoms. The molecule has 8 heteroatoms. The summed E-state index contributed by atoms with van der Waals surface area (Å²) in [6, 6.07) is 4.37. The molecule has 0 radical (unpaired) electrons. The van der Waals surface area contributed by atoms with Crippen molar-refractivity contribution < 1.29 is 22.7 Å². The number of allylic oxidation sites excluding steroid dienone is 1. The van der Waals surface area contributed by atoms with Crippen LogP contribution >= 0.6 is 12.2 Å². The van der Waals surface area contributed by atoms with E-state index in [2.05, 4.69) is 5.32 Å². The van der Waals surface area contributed by atoms with Crippen molar-refractivity contribution in [1.82, 2.24) is 10.2 Å². The van der Waals surface area contributed by atoms with Gasteiger partial charge in [-0.1, -0.05) is 18.2 Å². The third kappa shape index (κ3) is 3.95. The maximum absolute atomic E-state index is 13.5. The molecule has 146 valence electrons. The largest absolute Gasteiger partial charge is 0.459 e. The molecule has 0 aromatic heterocycles. The normalized spacial score (nSPS) is 20.8. The highest BCUT2D eigenvalue weighted by Gasteiger charge is 2.43. The number of thiocarbonyl (C=S) groups is 1. The lowest BCUT2D eigenvalue weighted by molar-refractivity contribution is -0.144. The van der Waals surface area contributed by atoms with Crippen molar-refractivity contribution in [3.05, 3.63) is 46.7 Å². The molecule has 1 aromatic carbocycles. The van der Waals surface area contributed by atoms with Crippen molar-refractivity contribution in [3.63, 3.8) is 0 Å². The molecule has 1 aromatic rings. The molecule has 0 spiro atoms. The Morgan fingerprint density at radius 1 is 1.30 bits per heavy atom. The number of carbonyl (C=O) groups excluding carboxylic acids is 1. The molecule has 4 nitrogen and oxygen atoms in total. The zero-order valence-corrected chi connectivity index (χ0v) is 16.1. The van der Waals surface area contributed by atoms with Crippen molar-refractivity contribution >= 4 is 23.3 Å². The van der Waals surface area contributed by atoms with E-state index in [-0.39, 0.29) is 23.3 Å². The first-order valence-electron chi connectivity index (χ1n) is 8.79. The number of alkyl halides is 3. The van der Waals surface area contributed by atoms with Crippen LogP contribution in [0.25, 0.3) is 0 Å². The second-order valence-electron chi connectivity index (χ2n) is 7.02. The van der Waals surface area contributed by atoms with Gasteiger partial charge in [0.25, 0.3) is 0 Å². The first-order chi connectivity index (χ1) is 12.6. The molecule has 1 saturated carbocycles. The summed E-state index contributed by atoms with van der Waals surface area (Å²) in [4.78, 5) is 14.6. The first-order valence-corrected chi connectivity index (χ1v) is 9.19. The lowest BCUT2D eigenvalue weighted by atomic mass is 9.91. The van der Waals surface area contributed by atoms with E-state index in [1.165, 1.54) is 18.2 Å². The van der Waals surface area contributed by atoms with Crippen molar-refractivity contribution in [2.45, 2.75) is 58.0 Å². The molecule has 1 fully saturated rings. The van der Waals surface area contributed by atoms with Crippen LogP contribution in [0.3, 0.4) is 0 Å². The second kappa shape index (κ2) is 7.14. The van der Waals surface area contributed by atoms with Crippen molar-refractivity contribution in [1.29, 1.82) is 0 Å². The Bertz CT molecular complexity index is 800. The Kier molecular flexibility index (Phi) is 5.20. The standard InChI is InChI=1S/C19H21F3N2O2S/c1-10(2)26-17(25)15-11(3)24(12-8-9-12)18(27)23-16(15)13-6-4-5-7-14(13)19(20,21)22/h4-7,10,12,16H,8-9H2,1-3H3,(H,23,27). The van der Waals surface area contributed by atoms with E-state index in [0.29, 0.717) is 10.8 Å². The SMILES string of the molecule is CC1=C(C(=O)OC(C)C)C(c2ccccc2C(F)(F)F)NC(=S)N1C1CC1. The highest BCUT2D eigenvalue weighted by molar-refractivity contribution is 7.80. The molecule has 1 unspecified atom stereocenters. The number of hydrogen-bond donors (Lipinski definition) is 1. The highest BCUT2D eigenvalue weighted by Crippen LogP contribution is 2.41. The number of esters is 1. The molecule has 1 N–H and O–H groups in total. The number of rotatable bonds is 4. The molecule has 3 rings (SSSR count). The number of halogens is 3. The van der Waals surface area contributed by atoms with Crippen LogP contribution in [0.4, 0.5) is 13.2 Å². The van der Waals surface area contributed by atoms with Gasteiger partial charge in [-0.2, -0.15) is 13.2 Å². The first kappa shape index (κ1) is 19.7. The van der Waals surface area contributed by atoms with E-state index in [1.807, 2.05) is 4.90 Å². The lowest BCUT2D eigenvalue weighted by Crippen LogP contribution is -2.49. The average molecular weight is 398 g/mol. The molecule has 1 heterocycles. The van der Waals surface area contributed by atoms with E-state index < -0.39 is 23.8 Å². The molecular weight excluding hydrogens is 377 g/mol. The maximum Gasteiger partial charge on any atom is 0.416 e. The van der Waals surface area contributed by atoms with Gasteiger partial charge in [-0.25, -0.2) is 4.79 Å². The zero-order valence-electron chi connectivity index (χ0n) is 15.3. The van der Waals surface area contributed by atoms with Crippen molar-refractivity contribution in [2.75, 3.05) is 0 Å². The fraction of sp³-hybridized carbons (Fsp3) is 0.474. The van der Waals surface area contributed by atoms with Crippen LogP contribution in [-0.2, 0) is 15.7 Å². The van der Waals surface area contributed by atoms with Crippen LogP contribution in [-0.4, -0.2) is 28.1 Å². The van der Waals surface area contributed by atoms with E-state index in [1.54, 1.807) is 20.8 Å². The topological polar surface area (TPSA) is 41.6 Å². The Balaban J connectivity index is 2.13. The third-order valence-electron chi connectivity index (χ3n) is 4.58. The summed E-state index contributed by atoms with van der Waals surface area (Å²) < 4.78 is 46.0. The fourth-order valence-corrected chi connectivity index (χ4v) is 3.72. The summed E-state index contributed by atoms with van der Waals surface area (Å²) in [5, 5.41) is 3.28. The van der Waals surface area contributed by atoms with E-state index in [9.17, 15) is 18.0 Å². The van der Waals surface area contributed by atoms with Crippen molar-refractivity contribution in [2.24, 2.45) is 0 Å². The summed E-state index contributed by atoms with van der Waals surface area (Å²) in [5.41, 5.74) is -0.125. The summed E-state index contributed by atoms with van der Waals surface area (Å²) in [5.74, 6) is -0.634. The predicted molar refractivity (Wildman–Crippen MR) is 98.7 cm³/mol. The number of ether oxygens (including phenoxy) is 1. The summed E-state index contributed by atoms with van der Waals surface area (Å²) in [6.07, 6.45) is -3.08. The van der Waals surface area contributed by atoms with Gasteiger partial charge in [0.1, 0.15) is 0 Å². The Labute approximate surface area is 161 Å². The van der Waals surface area contributed by atoms with Crippen LogP contribution in [0.15, 0.2) is 35.5 Å². The maximum atomic E-state index is 13.5. The van der Waals surface area contributed by atoms with Gasteiger partial charge >= 0.3 is 12.1 Å². The summed E-state index contributed by atoms with van der Waals surface area (Å²) >= 11 is 5.41. The molecule has 0 amide bonds. The van der Waals surface area contributed by atoms with Gasteiger partial charge in [0.15, 0.2) is 5.11 Å². The Morgan fingerprint density at radius 2 is 1.93 bits per heavy atom. The van der Waals surface area contributed by atoms with Gasteiger partial charge in [-0.05, 0) is 57.5 Å². The van der Waals surface area contributed by atoms with Crippen LogP contribution in [0.5, 0.6) is 0 Å². The molecule has 1 aliphatic carbocycles. The van der Waals surface area contributed by atoms with Crippen LogP contribution in [0.2, 0.25) is 0 Å². The number of nitrogens with zero attached hydrogens (tertiary/aromatic N) is 1. The Hall–Kier alpha value is -2.09. The lowest BCUT2D eigenvalue weighted by Gasteiger charge is -2.38. The van der Waals surface area contributed by atoms with Gasteiger partial charge in [-0.15, -0.1) is 0 Å². The van der Waals surface area contributed by atoms with Crippen molar-refractivity contribution in [3.8, 4) is 0 Å². The summed E-state index contributed by atoms with van der Waals surface area (Å²) in [6.45, 7) is 5.11. The summed E-state index contributed by atoms with van der Waals surface area (Å²) in [7, 11) is 0. The van der Waals surface area contributed by atoms with Crippen LogP contribution < -0.4 is 5.32 Å². The smallest absolute Gasteiger partial charge is 0.416 e. The van der Waals surface area contributed by atoms with Crippen LogP contribution in [0.1, 0.15) is 50.8 Å². The number of carbonyl (C=O) groups is 1. The van der Waals surface area contributed by atoms with Gasteiger partial charge in [0.05, 0.1) is 23.3 Å². The third-order valence-corrected chi connectivity index (χ3v) is 4.89. The van der Waals surface area contributed by atoms with Gasteiger partial charge in [0.2, 0.25) is 0 Å². The van der Waals surface area contributed by atoms with Crippen LogP contribution in [0, 0.1) is 0 Å². The minimum atomic E-state index is -4.55.